The number of amides is 1. The molecule has 0 aliphatic heterocycles. The minimum atomic E-state index is -0.474. The number of carbonyl (C=O) groups excluding carboxylic acids is 1. The molecule has 0 aromatic carbocycles. The molecule has 0 radical (unpaired) electrons. The molecular weight excluding hydrogens is 206 g/mol. The first-order valence-electron chi connectivity index (χ1n) is 5.22. The maximum absolute atomic E-state index is 11.0. The van der Waals surface area contributed by atoms with Crippen LogP contribution in [0.15, 0.2) is 0 Å². The number of hydrogen-bond donors (Lipinski definition) is 3. The molecule has 0 aliphatic carbocycles. The normalized spacial score (nSPS) is 12.8. The van der Waals surface area contributed by atoms with Gasteiger partial charge in [0.05, 0.1) is 11.4 Å². The molecule has 1 aromatic heterocycles. The van der Waals surface area contributed by atoms with E-state index in [2.05, 4.69) is 10.4 Å². The van der Waals surface area contributed by atoms with Crippen molar-refractivity contribution in [1.29, 1.82) is 0 Å². The second-order valence-electron chi connectivity index (χ2n) is 4.19. The van der Waals surface area contributed by atoms with Crippen LogP contribution >= 0.6 is 0 Å². The molecule has 0 saturated carbocycles. The summed E-state index contributed by atoms with van der Waals surface area (Å²) >= 11 is 0. The molecule has 0 saturated heterocycles. The van der Waals surface area contributed by atoms with E-state index in [1.165, 1.54) is 0 Å². The molecule has 90 valence electrons. The van der Waals surface area contributed by atoms with Crippen LogP contribution in [0.25, 0.3) is 0 Å². The number of primary amides is 1. The summed E-state index contributed by atoms with van der Waals surface area (Å²) in [6.45, 7) is 5.71. The minimum Gasteiger partial charge on any atom is -0.394 e. The van der Waals surface area contributed by atoms with E-state index in [1.807, 2.05) is 13.8 Å². The Morgan fingerprint density at radius 1 is 1.44 bits per heavy atom. The Labute approximate surface area is 95.0 Å². The van der Waals surface area contributed by atoms with Crippen LogP contribution in [0.4, 0.5) is 11.5 Å². The van der Waals surface area contributed by atoms with Crippen molar-refractivity contribution in [1.82, 2.24) is 9.78 Å². The van der Waals surface area contributed by atoms with Crippen LogP contribution in [-0.2, 0) is 11.8 Å². The number of aromatic nitrogens is 2. The van der Waals surface area contributed by atoms with E-state index >= 15 is 0 Å². The minimum absolute atomic E-state index is 0.241. The van der Waals surface area contributed by atoms with Crippen molar-refractivity contribution in [3.8, 4) is 0 Å². The molecule has 1 rings (SSSR count). The fourth-order valence-electron chi connectivity index (χ4n) is 1.43. The molecule has 1 atom stereocenters. The maximum atomic E-state index is 11.0. The van der Waals surface area contributed by atoms with E-state index in [-0.39, 0.29) is 5.92 Å². The number of rotatable bonds is 4. The fourth-order valence-corrected chi connectivity index (χ4v) is 1.43. The Kier molecular flexibility index (Phi) is 3.41. The third-order valence-corrected chi connectivity index (χ3v) is 2.44. The Bertz CT molecular complexity index is 396. The molecule has 6 heteroatoms. The van der Waals surface area contributed by atoms with Crippen LogP contribution in [0.5, 0.6) is 0 Å². The molecule has 1 amide bonds. The van der Waals surface area contributed by atoms with Crippen molar-refractivity contribution >= 4 is 17.4 Å². The maximum Gasteiger partial charge on any atom is 0.239 e. The third kappa shape index (κ3) is 2.26. The van der Waals surface area contributed by atoms with Gasteiger partial charge in [-0.1, -0.05) is 13.8 Å². The highest BCUT2D eigenvalue weighted by molar-refractivity contribution is 5.83. The Balaban J connectivity index is 3.01. The third-order valence-electron chi connectivity index (χ3n) is 2.44. The quantitative estimate of drug-likeness (QED) is 0.691. The summed E-state index contributed by atoms with van der Waals surface area (Å²) in [5, 5.41) is 7.25. The molecule has 0 aliphatic rings. The number of aryl methyl sites for hydroxylation is 1. The number of carbonyl (C=O) groups is 1. The summed E-state index contributed by atoms with van der Waals surface area (Å²) in [6, 6.07) is -0.474. The number of hydrogen-bond acceptors (Lipinski definition) is 4. The first-order valence-corrected chi connectivity index (χ1v) is 5.22. The fraction of sp³-hybridized carbons (Fsp3) is 0.600. The highest BCUT2D eigenvalue weighted by atomic mass is 16.1. The smallest absolute Gasteiger partial charge is 0.239 e. The van der Waals surface area contributed by atoms with Crippen molar-refractivity contribution in [3.63, 3.8) is 0 Å². The number of nitrogens with two attached hydrogens (primary N) is 2. The molecule has 16 heavy (non-hydrogen) atoms. The predicted octanol–water partition coefficient (Wildman–Crippen LogP) is 0.411. The second-order valence-corrected chi connectivity index (χ2v) is 4.19. The first-order chi connectivity index (χ1) is 7.34. The molecule has 1 unspecified atom stereocenters. The van der Waals surface area contributed by atoms with Crippen LogP contribution in [0.2, 0.25) is 0 Å². The van der Waals surface area contributed by atoms with Crippen molar-refractivity contribution in [3.05, 3.63) is 5.69 Å². The number of nitrogens with one attached hydrogen (secondary N) is 1. The number of nitrogens with zero attached hydrogens (tertiary/aromatic N) is 2. The van der Waals surface area contributed by atoms with Crippen molar-refractivity contribution in [2.45, 2.75) is 32.7 Å². The Morgan fingerprint density at radius 3 is 2.38 bits per heavy atom. The van der Waals surface area contributed by atoms with Gasteiger partial charge in [0.25, 0.3) is 0 Å². The lowest BCUT2D eigenvalue weighted by Gasteiger charge is -2.12. The first kappa shape index (κ1) is 12.4. The van der Waals surface area contributed by atoms with Crippen LogP contribution < -0.4 is 16.8 Å². The summed E-state index contributed by atoms with van der Waals surface area (Å²) < 4.78 is 1.63. The van der Waals surface area contributed by atoms with Crippen LogP contribution in [0, 0.1) is 0 Å². The van der Waals surface area contributed by atoms with Crippen LogP contribution in [0.3, 0.4) is 0 Å². The summed E-state index contributed by atoms with van der Waals surface area (Å²) in [5.74, 6) is 0.451. The van der Waals surface area contributed by atoms with Gasteiger partial charge in [-0.25, -0.2) is 0 Å². The molecule has 1 aromatic rings. The van der Waals surface area contributed by atoms with Gasteiger partial charge in [-0.15, -0.1) is 0 Å². The van der Waals surface area contributed by atoms with E-state index in [4.69, 9.17) is 11.5 Å². The topological polar surface area (TPSA) is 99.0 Å². The van der Waals surface area contributed by atoms with Crippen molar-refractivity contribution < 1.29 is 4.79 Å². The lowest BCUT2D eigenvalue weighted by molar-refractivity contribution is -0.118. The molecule has 0 bridgehead atoms. The molecule has 0 fully saturated rings. The monoisotopic (exact) mass is 225 g/mol. The lowest BCUT2D eigenvalue weighted by atomic mass is 10.1. The summed E-state index contributed by atoms with van der Waals surface area (Å²) in [6.07, 6.45) is 0. The average molecular weight is 225 g/mol. The van der Waals surface area contributed by atoms with Gasteiger partial charge in [0.15, 0.2) is 0 Å². The van der Waals surface area contributed by atoms with Gasteiger partial charge < -0.3 is 16.8 Å². The SMILES string of the molecule is CC(Nc1c(N)c(C(C)C)nn1C)C(N)=O. The van der Waals surface area contributed by atoms with Gasteiger partial charge in [-0.3, -0.25) is 9.48 Å². The van der Waals surface area contributed by atoms with E-state index in [0.717, 1.165) is 5.69 Å². The highest BCUT2D eigenvalue weighted by Gasteiger charge is 2.18. The van der Waals surface area contributed by atoms with Gasteiger partial charge in [0.2, 0.25) is 5.91 Å². The van der Waals surface area contributed by atoms with Crippen LogP contribution in [-0.4, -0.2) is 21.7 Å². The summed E-state index contributed by atoms with van der Waals surface area (Å²) in [4.78, 5) is 11.0. The lowest BCUT2D eigenvalue weighted by Crippen LogP contribution is -2.33. The second kappa shape index (κ2) is 4.42. The Hall–Kier alpha value is -1.72. The molecular formula is C10H19N5O. The van der Waals surface area contributed by atoms with Crippen molar-refractivity contribution in [2.24, 2.45) is 12.8 Å². The molecule has 5 N–H and O–H groups in total. The summed E-state index contributed by atoms with van der Waals surface area (Å²) in [7, 11) is 1.78. The van der Waals surface area contributed by atoms with E-state index < -0.39 is 11.9 Å². The van der Waals surface area contributed by atoms with E-state index in [9.17, 15) is 4.79 Å². The number of anilines is 2. The van der Waals surface area contributed by atoms with E-state index in [1.54, 1.807) is 18.7 Å². The zero-order valence-corrected chi connectivity index (χ0v) is 10.1. The largest absolute Gasteiger partial charge is 0.394 e. The average Bonchev–Trinajstić information content (AvgIpc) is 2.45. The highest BCUT2D eigenvalue weighted by Crippen LogP contribution is 2.27. The predicted molar refractivity (Wildman–Crippen MR) is 64.0 cm³/mol. The molecule has 1 heterocycles. The van der Waals surface area contributed by atoms with Gasteiger partial charge in [0, 0.05) is 7.05 Å². The zero-order chi connectivity index (χ0) is 12.5. The number of nitrogen functional groups attached to an aromatic ring is 1. The van der Waals surface area contributed by atoms with E-state index in [0.29, 0.717) is 11.5 Å². The van der Waals surface area contributed by atoms with Crippen molar-refractivity contribution in [2.75, 3.05) is 11.1 Å². The van der Waals surface area contributed by atoms with Gasteiger partial charge in [-0.05, 0) is 12.8 Å². The Morgan fingerprint density at radius 2 is 2.00 bits per heavy atom. The molecule has 0 spiro atoms. The zero-order valence-electron chi connectivity index (χ0n) is 10.1. The standard InChI is InChI=1S/C10H19N5O/c1-5(2)8-7(11)10(15(4)14-8)13-6(3)9(12)16/h5-6,13H,11H2,1-4H3,(H2,12,16). The van der Waals surface area contributed by atoms with Gasteiger partial charge >= 0.3 is 0 Å². The van der Waals surface area contributed by atoms with Crippen LogP contribution in [0.1, 0.15) is 32.4 Å². The van der Waals surface area contributed by atoms with Gasteiger partial charge in [-0.2, -0.15) is 5.10 Å². The van der Waals surface area contributed by atoms with Gasteiger partial charge in [0.1, 0.15) is 11.9 Å². The molecule has 6 nitrogen and oxygen atoms in total. The summed E-state index contributed by atoms with van der Waals surface area (Å²) in [5.41, 5.74) is 12.5.